The summed E-state index contributed by atoms with van der Waals surface area (Å²) in [7, 11) is 1.60. The summed E-state index contributed by atoms with van der Waals surface area (Å²) in [6, 6.07) is 6.59. The monoisotopic (exact) mass is 335 g/mol. The molecule has 0 aliphatic rings. The summed E-state index contributed by atoms with van der Waals surface area (Å²) in [5, 5.41) is 3.15. The molecule has 5 nitrogen and oxygen atoms in total. The highest BCUT2D eigenvalue weighted by atomic mass is 16.5. The van der Waals surface area contributed by atoms with Crippen molar-refractivity contribution in [1.29, 1.82) is 0 Å². The molecule has 0 fully saturated rings. The second-order valence-corrected chi connectivity index (χ2v) is 5.75. The predicted molar refractivity (Wildman–Crippen MR) is 95.4 cm³/mol. The third-order valence-electron chi connectivity index (χ3n) is 3.95. The Morgan fingerprint density at radius 1 is 1.17 bits per heavy atom. The van der Waals surface area contributed by atoms with Crippen LogP contribution in [-0.4, -0.2) is 32.0 Å². The van der Waals surface area contributed by atoms with Gasteiger partial charge < -0.3 is 19.6 Å². The van der Waals surface area contributed by atoms with Crippen LogP contribution in [0.4, 0.5) is 5.69 Å². The highest BCUT2D eigenvalue weighted by Crippen LogP contribution is 2.21. The number of nitrogens with one attached hydrogen (secondary N) is 1. The number of ether oxygens (including phenoxy) is 2. The summed E-state index contributed by atoms with van der Waals surface area (Å²) in [6.45, 7) is 4.20. The molecule has 0 unspecified atom stereocenters. The van der Waals surface area contributed by atoms with E-state index in [1.807, 2.05) is 24.3 Å². The summed E-state index contributed by atoms with van der Waals surface area (Å²) in [4.78, 5) is 23.8. The fourth-order valence-electron chi connectivity index (χ4n) is 2.56. The second kappa shape index (κ2) is 11.5. The first kappa shape index (κ1) is 20.0. The smallest absolute Gasteiger partial charge is 0.329 e. The summed E-state index contributed by atoms with van der Waals surface area (Å²) in [5.74, 6) is -0.0522. The summed E-state index contributed by atoms with van der Waals surface area (Å²) >= 11 is 0. The molecule has 1 N–H and O–H groups in total. The van der Waals surface area contributed by atoms with Crippen LogP contribution in [0.15, 0.2) is 24.3 Å². The molecule has 0 heterocycles. The van der Waals surface area contributed by atoms with Crippen LogP contribution in [0.2, 0.25) is 0 Å². The van der Waals surface area contributed by atoms with Gasteiger partial charge in [-0.05, 0) is 37.6 Å². The van der Waals surface area contributed by atoms with Crippen molar-refractivity contribution in [3.8, 4) is 5.75 Å². The first-order chi connectivity index (χ1) is 11.7. The van der Waals surface area contributed by atoms with Crippen molar-refractivity contribution in [2.45, 2.75) is 52.0 Å². The van der Waals surface area contributed by atoms with Crippen LogP contribution in [0.1, 0.15) is 46.0 Å². The van der Waals surface area contributed by atoms with Crippen LogP contribution >= 0.6 is 0 Å². The van der Waals surface area contributed by atoms with E-state index in [1.54, 1.807) is 14.0 Å². The average Bonchev–Trinajstić information content (AvgIpc) is 2.61. The molecule has 0 bridgehead atoms. The van der Waals surface area contributed by atoms with Gasteiger partial charge in [0, 0.05) is 11.6 Å². The van der Waals surface area contributed by atoms with Crippen molar-refractivity contribution in [2.75, 3.05) is 19.0 Å². The highest BCUT2D eigenvalue weighted by Gasteiger charge is 2.29. The molecule has 0 saturated heterocycles. The first-order valence-electron chi connectivity index (χ1n) is 8.68. The van der Waals surface area contributed by atoms with Gasteiger partial charge in [0.2, 0.25) is 0 Å². The summed E-state index contributed by atoms with van der Waals surface area (Å²) in [5.41, 5.74) is 0.759. The van der Waals surface area contributed by atoms with E-state index in [0.717, 1.165) is 43.4 Å². The molecule has 134 valence electrons. The Morgan fingerprint density at radius 3 is 2.42 bits per heavy atom. The topological polar surface area (TPSA) is 64.6 Å². The van der Waals surface area contributed by atoms with Crippen molar-refractivity contribution in [3.63, 3.8) is 0 Å². The minimum absolute atomic E-state index is 0.293. The van der Waals surface area contributed by atoms with Gasteiger partial charge in [-0.15, -0.1) is 0 Å². The van der Waals surface area contributed by atoms with Crippen LogP contribution < -0.4 is 10.1 Å². The maximum Gasteiger partial charge on any atom is 0.329 e. The normalized spacial score (nSPS) is 13.0. The number of unbranched alkanes of at least 4 members (excludes halogenated alkanes) is 3. The zero-order chi connectivity index (χ0) is 17.8. The Hall–Kier alpha value is -2.04. The Bertz CT molecular complexity index is 487. The second-order valence-electron chi connectivity index (χ2n) is 5.75. The molecule has 5 heteroatoms. The zero-order valence-electron chi connectivity index (χ0n) is 14.9. The van der Waals surface area contributed by atoms with E-state index < -0.39 is 12.0 Å². The molecular weight excluding hydrogens is 306 g/mol. The number of aldehydes is 1. The number of methoxy groups -OCH3 is 1. The molecule has 1 aromatic rings. The van der Waals surface area contributed by atoms with Gasteiger partial charge in [0.05, 0.1) is 13.7 Å². The minimum atomic E-state index is -0.669. The van der Waals surface area contributed by atoms with E-state index >= 15 is 0 Å². The third-order valence-corrected chi connectivity index (χ3v) is 3.95. The van der Waals surface area contributed by atoms with E-state index in [1.165, 1.54) is 0 Å². The van der Waals surface area contributed by atoms with Gasteiger partial charge in [0.1, 0.15) is 18.1 Å². The minimum Gasteiger partial charge on any atom is -0.497 e. The Labute approximate surface area is 144 Å². The zero-order valence-corrected chi connectivity index (χ0v) is 14.9. The van der Waals surface area contributed by atoms with E-state index in [4.69, 9.17) is 9.47 Å². The van der Waals surface area contributed by atoms with Crippen molar-refractivity contribution < 1.29 is 19.1 Å². The molecule has 2 atom stereocenters. The molecule has 0 aliphatic carbocycles. The van der Waals surface area contributed by atoms with Gasteiger partial charge in [0.25, 0.3) is 0 Å². The van der Waals surface area contributed by atoms with Crippen LogP contribution in [-0.2, 0) is 14.3 Å². The molecular formula is C19H29NO4. The average molecular weight is 335 g/mol. The molecule has 1 rings (SSSR count). The van der Waals surface area contributed by atoms with Crippen LogP contribution in [0.5, 0.6) is 5.75 Å². The summed E-state index contributed by atoms with van der Waals surface area (Å²) in [6.07, 6.45) is 5.81. The van der Waals surface area contributed by atoms with Crippen molar-refractivity contribution in [3.05, 3.63) is 24.3 Å². The van der Waals surface area contributed by atoms with Gasteiger partial charge in [-0.3, -0.25) is 0 Å². The molecule has 0 radical (unpaired) electrons. The van der Waals surface area contributed by atoms with Crippen LogP contribution in [0.25, 0.3) is 0 Å². The highest BCUT2D eigenvalue weighted by molar-refractivity contribution is 5.83. The lowest BCUT2D eigenvalue weighted by Crippen LogP contribution is -2.39. The number of carbonyl (C=O) groups excluding carboxylic acids is 2. The lowest BCUT2D eigenvalue weighted by atomic mass is 9.94. The Morgan fingerprint density at radius 2 is 1.88 bits per heavy atom. The van der Waals surface area contributed by atoms with Gasteiger partial charge in [-0.1, -0.05) is 32.6 Å². The van der Waals surface area contributed by atoms with Crippen LogP contribution in [0, 0.1) is 5.92 Å². The Balaban J connectivity index is 2.79. The lowest BCUT2D eigenvalue weighted by Gasteiger charge is -2.23. The van der Waals surface area contributed by atoms with Gasteiger partial charge in [-0.2, -0.15) is 0 Å². The van der Waals surface area contributed by atoms with Crippen molar-refractivity contribution >= 4 is 17.9 Å². The van der Waals surface area contributed by atoms with Crippen LogP contribution in [0.3, 0.4) is 0 Å². The van der Waals surface area contributed by atoms with E-state index in [9.17, 15) is 9.59 Å². The largest absolute Gasteiger partial charge is 0.497 e. The molecule has 0 spiro atoms. The van der Waals surface area contributed by atoms with Crippen molar-refractivity contribution in [1.82, 2.24) is 0 Å². The van der Waals surface area contributed by atoms with Gasteiger partial charge in [0.15, 0.2) is 0 Å². The molecule has 1 aromatic carbocycles. The number of hydrogen-bond donors (Lipinski definition) is 1. The fraction of sp³-hybridized carbons (Fsp3) is 0.579. The number of esters is 1. The SMILES string of the molecule is CCCCCC[C@@H](C=O)[C@H](Nc1ccc(OC)cc1)C(=O)OCC. The Kier molecular flexibility index (Phi) is 9.58. The maximum absolute atomic E-state index is 12.3. The summed E-state index contributed by atoms with van der Waals surface area (Å²) < 4.78 is 10.3. The number of hydrogen-bond acceptors (Lipinski definition) is 5. The molecule has 0 amide bonds. The predicted octanol–water partition coefficient (Wildman–Crippen LogP) is 3.82. The quantitative estimate of drug-likeness (QED) is 0.357. The van der Waals surface area contributed by atoms with Gasteiger partial charge >= 0.3 is 5.97 Å². The standard InChI is InChI=1S/C19H29NO4/c1-4-6-7-8-9-15(14-21)18(19(22)24-5-2)20-16-10-12-17(23-3)13-11-16/h10-15,18,20H,4-9H2,1-3H3/t15-,18-/m0/s1. The number of carbonyl (C=O) groups is 2. The number of benzene rings is 1. The third kappa shape index (κ3) is 6.60. The van der Waals surface area contributed by atoms with Gasteiger partial charge in [-0.25, -0.2) is 4.79 Å². The molecule has 0 aromatic heterocycles. The fourth-order valence-corrected chi connectivity index (χ4v) is 2.56. The van der Waals surface area contributed by atoms with E-state index in [-0.39, 0.29) is 5.97 Å². The first-order valence-corrected chi connectivity index (χ1v) is 8.68. The molecule has 24 heavy (non-hydrogen) atoms. The molecule has 0 aliphatic heterocycles. The van der Waals surface area contributed by atoms with Crippen molar-refractivity contribution in [2.24, 2.45) is 5.92 Å². The lowest BCUT2D eigenvalue weighted by molar-refractivity contribution is -0.146. The number of rotatable bonds is 12. The van der Waals surface area contributed by atoms with E-state index in [2.05, 4.69) is 12.2 Å². The maximum atomic E-state index is 12.3. The number of anilines is 1. The molecule has 0 saturated carbocycles. The van der Waals surface area contributed by atoms with E-state index in [0.29, 0.717) is 13.0 Å².